The number of hydrogen-bond donors (Lipinski definition) is 0. The smallest absolute Gasteiger partial charge is 0.514 e. The molecule has 50 heavy (non-hydrogen) atoms. The molecule has 0 saturated heterocycles. The van der Waals surface area contributed by atoms with Gasteiger partial charge in [-0.25, -0.2) is 4.98 Å². The predicted octanol–water partition coefficient (Wildman–Crippen LogP) is 9.94. The molecule has 0 amide bonds. The fraction of sp³-hybridized carbons (Fsp3) is 0.182. The molecule has 1 aliphatic carbocycles. The molecule has 5 nitrogen and oxygen atoms in total. The van der Waals surface area contributed by atoms with E-state index >= 15 is 0 Å². The molecule has 3 aromatic heterocycles. The summed E-state index contributed by atoms with van der Waals surface area (Å²) >= 11 is 0. The van der Waals surface area contributed by atoms with Crippen molar-refractivity contribution in [3.8, 4) is 11.4 Å². The van der Waals surface area contributed by atoms with Crippen molar-refractivity contribution in [1.29, 1.82) is 0 Å². The van der Waals surface area contributed by atoms with Gasteiger partial charge in [-0.3, -0.25) is 4.99 Å². The van der Waals surface area contributed by atoms with Crippen LogP contribution in [0.15, 0.2) is 102 Å². The molecule has 1 aliphatic heterocycles. The Hall–Kier alpha value is -4.99. The molecule has 0 saturated carbocycles. The van der Waals surface area contributed by atoms with Crippen molar-refractivity contribution in [2.45, 2.75) is 52.7 Å². The second-order valence-electron chi connectivity index (χ2n) is 13.9. The van der Waals surface area contributed by atoms with Crippen molar-refractivity contribution in [3.63, 3.8) is 0 Å². The number of ether oxygens (including phenoxy) is 1. The maximum atomic E-state index is 6.62. The summed E-state index contributed by atoms with van der Waals surface area (Å²) in [6.45, 7) is 8.63. The van der Waals surface area contributed by atoms with E-state index in [0.717, 1.165) is 68.3 Å². The number of aryl methyl sites for hydroxylation is 4. The number of aliphatic imine (C=N–C) groups is 1. The van der Waals surface area contributed by atoms with Gasteiger partial charge in [-0.2, -0.15) is 6.07 Å². The van der Waals surface area contributed by atoms with E-state index in [4.69, 9.17) is 14.7 Å². The predicted molar refractivity (Wildman–Crippen MR) is 198 cm³/mol. The van der Waals surface area contributed by atoms with Crippen LogP contribution >= 0.6 is 0 Å². The van der Waals surface area contributed by atoms with Gasteiger partial charge in [0.05, 0.1) is 5.52 Å². The van der Waals surface area contributed by atoms with Gasteiger partial charge < -0.3 is 13.9 Å². The average Bonchev–Trinajstić information content (AvgIpc) is 3.78. The molecular weight excluding hydrogens is 796 g/mol. The van der Waals surface area contributed by atoms with E-state index in [-0.39, 0.29) is 33.2 Å². The number of benzene rings is 5. The van der Waals surface area contributed by atoms with Crippen LogP contribution < -0.4 is 0 Å². The van der Waals surface area contributed by atoms with Crippen molar-refractivity contribution in [2.75, 3.05) is 0 Å². The number of hydrogen-bond acceptors (Lipinski definition) is 3. The minimum absolute atomic E-state index is 0. The number of aromatic nitrogens is 3. The molecule has 0 radical (unpaired) electrons. The molecule has 4 heterocycles. The van der Waals surface area contributed by atoms with Crippen LogP contribution in [0.5, 0.6) is 0 Å². The van der Waals surface area contributed by atoms with Crippen LogP contribution in [-0.4, -0.2) is 26.1 Å². The second kappa shape index (κ2) is 11.5. The monoisotopic (exact) mass is 829 g/mol. The zero-order valence-electron chi connectivity index (χ0n) is 28.3. The Balaban J connectivity index is 0.00000336. The van der Waals surface area contributed by atoms with Crippen LogP contribution in [0.2, 0.25) is 0 Å². The van der Waals surface area contributed by atoms with Crippen molar-refractivity contribution in [3.05, 3.63) is 148 Å². The fourth-order valence-corrected chi connectivity index (χ4v) is 8.26. The summed E-state index contributed by atoms with van der Waals surface area (Å²) in [5, 5.41) is 4.67. The van der Waals surface area contributed by atoms with E-state index in [2.05, 4.69) is 134 Å². The summed E-state index contributed by atoms with van der Waals surface area (Å²) in [6, 6.07) is 40.5. The van der Waals surface area contributed by atoms with E-state index in [1.165, 1.54) is 38.6 Å². The molecule has 6 heteroatoms. The van der Waals surface area contributed by atoms with E-state index in [1.54, 1.807) is 0 Å². The minimum atomic E-state index is 0. The maximum Gasteiger partial charge on any atom is 2.00 e. The van der Waals surface area contributed by atoms with Gasteiger partial charge in [0.25, 0.3) is 0 Å². The van der Waals surface area contributed by atoms with Crippen LogP contribution in [0.4, 0.5) is 0 Å². The zero-order chi connectivity index (χ0) is 33.0. The van der Waals surface area contributed by atoms with E-state index in [0.29, 0.717) is 5.90 Å². The molecular formula is C44H34N4OPt. The maximum absolute atomic E-state index is 6.62. The van der Waals surface area contributed by atoms with Gasteiger partial charge in [0.1, 0.15) is 23.7 Å². The van der Waals surface area contributed by atoms with Crippen LogP contribution in [0.3, 0.4) is 0 Å². The summed E-state index contributed by atoms with van der Waals surface area (Å²) in [7, 11) is 0. The molecule has 246 valence electrons. The molecule has 10 rings (SSSR count). The number of nitrogens with zero attached hydrogens (tertiary/aromatic N) is 4. The number of pyridine rings is 1. The molecule has 0 bridgehead atoms. The first-order chi connectivity index (χ1) is 23.9. The molecule has 8 aromatic rings. The molecule has 2 atom stereocenters. The summed E-state index contributed by atoms with van der Waals surface area (Å²) < 4.78 is 11.2. The van der Waals surface area contributed by atoms with Crippen LogP contribution in [0, 0.1) is 39.8 Å². The standard InChI is InChI=1S/C44H34N4O.Pt/c1-25-10-15-38-36(21-25)33-13-12-30(48-39-16-11-26(2)22-37(39)35-9-6-18-45-43(35)48)24-40(33)47(38)31-20-27(3)19-29(23-31)44-46-42-34-8-5-7-28(4)32(34)14-17-41(42)49-44;/h5-13,15-16,18-22,41-42H,14,17H2,1-4H3;/q-2;+2/t41-,42+;/m0./s1. The first-order valence-electron chi connectivity index (χ1n) is 17.1. The van der Waals surface area contributed by atoms with Crippen LogP contribution in [0.25, 0.3) is 55.1 Å². The minimum Gasteiger partial charge on any atom is -0.514 e. The van der Waals surface area contributed by atoms with Crippen LogP contribution in [-0.2, 0) is 32.2 Å². The van der Waals surface area contributed by atoms with Gasteiger partial charge in [0.2, 0.25) is 0 Å². The molecule has 5 aromatic carbocycles. The zero-order valence-corrected chi connectivity index (χ0v) is 30.6. The topological polar surface area (TPSA) is 44.3 Å². The number of rotatable bonds is 3. The van der Waals surface area contributed by atoms with Gasteiger partial charge in [0.15, 0.2) is 0 Å². The Morgan fingerprint density at radius 2 is 1.48 bits per heavy atom. The van der Waals surface area contributed by atoms with Crippen molar-refractivity contribution in [2.24, 2.45) is 4.99 Å². The normalized spacial score (nSPS) is 16.8. The third-order valence-corrected chi connectivity index (χ3v) is 10.5. The third-order valence-electron chi connectivity index (χ3n) is 10.5. The summed E-state index contributed by atoms with van der Waals surface area (Å²) in [6.07, 6.45) is 3.91. The molecule has 0 fully saturated rings. The van der Waals surface area contributed by atoms with Crippen molar-refractivity contribution < 1.29 is 25.8 Å². The molecule has 0 unspecified atom stereocenters. The number of fused-ring (bicyclic) bond motifs is 9. The van der Waals surface area contributed by atoms with Crippen LogP contribution in [0.1, 0.15) is 51.4 Å². The van der Waals surface area contributed by atoms with E-state index < -0.39 is 0 Å². The van der Waals surface area contributed by atoms with E-state index in [1.807, 2.05) is 12.3 Å². The molecule has 2 aliphatic rings. The first kappa shape index (κ1) is 31.0. The Kier molecular flexibility index (Phi) is 7.16. The Labute approximate surface area is 305 Å². The van der Waals surface area contributed by atoms with Gasteiger partial charge in [-0.15, -0.1) is 41.3 Å². The van der Waals surface area contributed by atoms with Gasteiger partial charge >= 0.3 is 21.1 Å². The Bertz CT molecular complexity index is 2720. The molecule has 0 N–H and O–H groups in total. The fourth-order valence-electron chi connectivity index (χ4n) is 8.26. The average molecular weight is 830 g/mol. The van der Waals surface area contributed by atoms with Gasteiger partial charge in [-0.1, -0.05) is 71.2 Å². The first-order valence-corrected chi connectivity index (χ1v) is 17.1. The Morgan fingerprint density at radius 1 is 0.700 bits per heavy atom. The van der Waals surface area contributed by atoms with Gasteiger partial charge in [0, 0.05) is 22.5 Å². The summed E-state index contributed by atoms with van der Waals surface area (Å²) in [5.41, 5.74) is 14.6. The van der Waals surface area contributed by atoms with Gasteiger partial charge in [-0.05, 0) is 91.7 Å². The summed E-state index contributed by atoms with van der Waals surface area (Å²) in [4.78, 5) is 10.1. The van der Waals surface area contributed by atoms with Crippen molar-refractivity contribution in [1.82, 2.24) is 14.1 Å². The Morgan fingerprint density at radius 3 is 2.30 bits per heavy atom. The SMILES string of the molecule is Cc1cc(C2=N[C@@H]3c4cccc(C)c4CC[C@@H]3O2)[c-]c(-n2c3[c-]c(-n4c5ccc(C)cc5c5cccnc54)ccc3c3cc(C)ccc32)c1.[Pt+2]. The second-order valence-corrected chi connectivity index (χ2v) is 13.9. The third kappa shape index (κ3) is 4.63. The van der Waals surface area contributed by atoms with Crippen molar-refractivity contribution >= 4 is 49.6 Å². The largest absolute Gasteiger partial charge is 2.00 e. The quantitative estimate of drug-likeness (QED) is 0.167. The van der Waals surface area contributed by atoms with E-state index in [9.17, 15) is 0 Å². The summed E-state index contributed by atoms with van der Waals surface area (Å²) in [5.74, 6) is 0.683. The molecule has 0 spiro atoms.